The van der Waals surface area contributed by atoms with Crippen LogP contribution in [0, 0.1) is 0 Å². The van der Waals surface area contributed by atoms with Crippen LogP contribution in [-0.2, 0) is 13.6 Å². The van der Waals surface area contributed by atoms with Gasteiger partial charge in [0.15, 0.2) is 23.9 Å². The van der Waals surface area contributed by atoms with Gasteiger partial charge < -0.3 is 0 Å². The molecule has 2 unspecified atom stereocenters. The summed E-state index contributed by atoms with van der Waals surface area (Å²) in [6.07, 6.45) is 0.482. The third kappa shape index (κ3) is 4.58. The van der Waals surface area contributed by atoms with E-state index in [4.69, 9.17) is 9.05 Å². The van der Waals surface area contributed by atoms with Crippen molar-refractivity contribution >= 4 is 8.25 Å². The van der Waals surface area contributed by atoms with Gasteiger partial charge in [-0.05, 0) is 0 Å². The molecule has 2 atom stereocenters. The zero-order valence-corrected chi connectivity index (χ0v) is 12.2. The van der Waals surface area contributed by atoms with E-state index < -0.39 is 33.8 Å². The van der Waals surface area contributed by atoms with Crippen LogP contribution < -0.4 is 0 Å². The van der Waals surface area contributed by atoms with Crippen LogP contribution in [0.3, 0.4) is 0 Å². The van der Waals surface area contributed by atoms with Crippen molar-refractivity contribution in [2.75, 3.05) is 13.3 Å². The van der Waals surface area contributed by atoms with E-state index >= 15 is 0 Å². The Hall–Kier alpha value is -1.84. The fourth-order valence-electron chi connectivity index (χ4n) is 1.65. The number of hydrogen-bond donors (Lipinski definition) is 2. The lowest BCUT2D eigenvalue weighted by Crippen LogP contribution is -2.07. The minimum Gasteiger partial charge on any atom is -0.261 e. The molecule has 2 N–H and O–H groups in total. The molecule has 120 valence electrons. The number of rotatable bonds is 10. The summed E-state index contributed by atoms with van der Waals surface area (Å²) in [5, 5.41) is 12.2. The molecule has 0 radical (unpaired) electrons. The smallest absolute Gasteiger partial charge is 0.261 e. The predicted molar refractivity (Wildman–Crippen MR) is 69.2 cm³/mol. The molecule has 0 aromatic carbocycles. The number of nitrogens with zero attached hydrogens (tertiary/aromatic N) is 4. The Kier molecular flexibility index (Phi) is 6.44. The number of aromatic amines is 2. The molecule has 22 heavy (non-hydrogen) atoms. The van der Waals surface area contributed by atoms with Gasteiger partial charge in [-0.2, -0.15) is 10.2 Å². The molecule has 2 aromatic heterocycles. The fourth-order valence-corrected chi connectivity index (χ4v) is 2.53. The van der Waals surface area contributed by atoms with Crippen molar-refractivity contribution in [3.05, 3.63) is 24.3 Å². The van der Waals surface area contributed by atoms with Gasteiger partial charge in [-0.3, -0.25) is 19.0 Å². The average Bonchev–Trinajstić information content (AvgIpc) is 3.20. The van der Waals surface area contributed by atoms with Crippen LogP contribution in [0.1, 0.15) is 36.7 Å². The van der Waals surface area contributed by atoms with Crippen LogP contribution in [0.4, 0.5) is 8.78 Å². The van der Waals surface area contributed by atoms with Crippen molar-refractivity contribution in [2.24, 2.45) is 0 Å². The minimum atomic E-state index is -2.65. The van der Waals surface area contributed by atoms with Gasteiger partial charge in [0.2, 0.25) is 0 Å². The lowest BCUT2D eigenvalue weighted by Gasteiger charge is -2.07. The van der Waals surface area contributed by atoms with Crippen LogP contribution in [0.5, 0.6) is 0 Å². The highest BCUT2D eigenvalue weighted by molar-refractivity contribution is 7.33. The molecule has 0 aliphatic carbocycles. The molecule has 0 aliphatic heterocycles. The second-order valence-corrected chi connectivity index (χ2v) is 4.98. The Bertz CT molecular complexity index is 507. The van der Waals surface area contributed by atoms with Crippen molar-refractivity contribution in [2.45, 2.75) is 25.0 Å². The van der Waals surface area contributed by atoms with E-state index in [-0.39, 0.29) is 24.5 Å². The van der Waals surface area contributed by atoms with Crippen LogP contribution >= 0.6 is 8.25 Å². The number of H-pyrrole nitrogens is 2. The molecule has 2 aromatic rings. The summed E-state index contributed by atoms with van der Waals surface area (Å²) >= 11 is 0. The van der Waals surface area contributed by atoms with E-state index in [1.165, 1.54) is 12.7 Å². The number of nitrogens with one attached hydrogen (secondary N) is 2. The molecule has 2 rings (SSSR count). The molecular weight excluding hydrogens is 321 g/mol. The average molecular weight is 335 g/mol. The first-order chi connectivity index (χ1) is 10.7. The quantitative estimate of drug-likeness (QED) is 0.638. The molecule has 0 fully saturated rings. The largest absolute Gasteiger partial charge is 0.698 e. The van der Waals surface area contributed by atoms with Crippen LogP contribution in [0.2, 0.25) is 0 Å². The van der Waals surface area contributed by atoms with Crippen molar-refractivity contribution in [3.63, 3.8) is 0 Å². The maximum Gasteiger partial charge on any atom is 0.698 e. The zero-order chi connectivity index (χ0) is 15.8. The molecule has 2 heterocycles. The van der Waals surface area contributed by atoms with Gasteiger partial charge >= 0.3 is 8.25 Å². The van der Waals surface area contributed by atoms with Gasteiger partial charge in [-0.15, -0.1) is 9.05 Å². The lowest BCUT2D eigenvalue weighted by atomic mass is 10.2. The fraction of sp³-hybridized carbons (Fsp3) is 0.600. The molecule has 9 nitrogen and oxygen atoms in total. The monoisotopic (exact) mass is 335 g/mol. The second kappa shape index (κ2) is 8.57. The lowest BCUT2D eigenvalue weighted by molar-refractivity contribution is 0.106. The van der Waals surface area contributed by atoms with Crippen molar-refractivity contribution < 1.29 is 22.4 Å². The summed E-state index contributed by atoms with van der Waals surface area (Å²) in [4.78, 5) is 7.65. The SMILES string of the molecule is O=[P+](OC(CCF)c1ncn[nH]1)OC(CCF)c1ncn[nH]1. The Morgan fingerprint density at radius 2 is 1.45 bits per heavy atom. The summed E-state index contributed by atoms with van der Waals surface area (Å²) in [6, 6.07) is 0. The summed E-state index contributed by atoms with van der Waals surface area (Å²) < 4.78 is 47.3. The van der Waals surface area contributed by atoms with Gasteiger partial charge in [0, 0.05) is 17.4 Å². The van der Waals surface area contributed by atoms with E-state index in [0.29, 0.717) is 0 Å². The highest BCUT2D eigenvalue weighted by Crippen LogP contribution is 2.39. The van der Waals surface area contributed by atoms with E-state index in [9.17, 15) is 13.3 Å². The maximum absolute atomic E-state index is 12.5. The second-order valence-electron chi connectivity index (χ2n) is 4.11. The third-order valence-electron chi connectivity index (χ3n) is 2.65. The van der Waals surface area contributed by atoms with Gasteiger partial charge in [0.25, 0.3) is 0 Å². The number of hydrogen-bond acceptors (Lipinski definition) is 7. The normalized spacial score (nSPS) is 14.7. The van der Waals surface area contributed by atoms with Crippen LogP contribution in [-0.4, -0.2) is 43.7 Å². The number of halogens is 2. The van der Waals surface area contributed by atoms with Crippen LogP contribution in [0.25, 0.3) is 0 Å². The first kappa shape index (κ1) is 16.5. The zero-order valence-electron chi connectivity index (χ0n) is 11.4. The maximum atomic E-state index is 12.5. The molecular formula is C10H14F2N6O3P+. The topological polar surface area (TPSA) is 119 Å². The van der Waals surface area contributed by atoms with E-state index in [0.717, 1.165) is 0 Å². The van der Waals surface area contributed by atoms with Gasteiger partial charge in [0.1, 0.15) is 12.7 Å². The van der Waals surface area contributed by atoms with Gasteiger partial charge in [-0.25, -0.2) is 9.97 Å². The number of alkyl halides is 2. The first-order valence-electron chi connectivity index (χ1n) is 6.37. The standard InChI is InChI=1S/C10H14F2N6O3P/c11-3-1-7(9-13-5-15-17-9)20-22(19)21-8(2-4-12)10-14-6-16-18-10/h5-8H,1-4H2,(H,13,15,17)(H,14,16,18)/q+1. The highest BCUT2D eigenvalue weighted by Gasteiger charge is 2.35. The summed E-state index contributed by atoms with van der Waals surface area (Å²) in [6.45, 7) is -1.41. The van der Waals surface area contributed by atoms with E-state index in [1.54, 1.807) is 0 Å². The van der Waals surface area contributed by atoms with Crippen molar-refractivity contribution in [3.8, 4) is 0 Å². The molecule has 0 amide bonds. The number of aromatic nitrogens is 6. The van der Waals surface area contributed by atoms with E-state index in [2.05, 4.69) is 30.4 Å². The Morgan fingerprint density at radius 1 is 1.00 bits per heavy atom. The molecule has 12 heteroatoms. The molecule has 0 bridgehead atoms. The highest BCUT2D eigenvalue weighted by atomic mass is 31.1. The molecule has 0 saturated carbocycles. The van der Waals surface area contributed by atoms with Crippen molar-refractivity contribution in [1.82, 2.24) is 30.4 Å². The van der Waals surface area contributed by atoms with Gasteiger partial charge in [-0.1, -0.05) is 0 Å². The van der Waals surface area contributed by atoms with Gasteiger partial charge in [0.05, 0.1) is 13.3 Å². The van der Waals surface area contributed by atoms with Crippen molar-refractivity contribution in [1.29, 1.82) is 0 Å². The molecule has 0 aliphatic rings. The first-order valence-corrected chi connectivity index (χ1v) is 7.47. The Labute approximate surface area is 124 Å². The van der Waals surface area contributed by atoms with E-state index in [1.807, 2.05) is 0 Å². The minimum absolute atomic E-state index is 0.0737. The third-order valence-corrected chi connectivity index (χ3v) is 3.50. The summed E-state index contributed by atoms with van der Waals surface area (Å²) in [7, 11) is -2.65. The summed E-state index contributed by atoms with van der Waals surface area (Å²) in [5.41, 5.74) is 0. The Morgan fingerprint density at radius 3 is 1.77 bits per heavy atom. The predicted octanol–water partition coefficient (Wildman–Crippen LogP) is 2.11. The van der Waals surface area contributed by atoms with Crippen LogP contribution in [0.15, 0.2) is 12.7 Å². The molecule has 0 spiro atoms. The Balaban J connectivity index is 1.97. The summed E-state index contributed by atoms with van der Waals surface area (Å²) in [5.74, 6) is 0.456. The molecule has 0 saturated heterocycles.